The minimum Gasteiger partial charge on any atom is -0.467 e. The lowest BCUT2D eigenvalue weighted by Gasteiger charge is -2.32. The van der Waals surface area contributed by atoms with Gasteiger partial charge in [-0.1, -0.05) is 12.1 Å². The zero-order valence-corrected chi connectivity index (χ0v) is 14.5. The number of carbonyl (C=O) groups is 1. The molecule has 1 fully saturated rings. The fraction of sp³-hybridized carbons (Fsp3) is 0.421. The monoisotopic (exact) mass is 343 g/mol. The summed E-state index contributed by atoms with van der Waals surface area (Å²) in [5.41, 5.74) is 1.74. The van der Waals surface area contributed by atoms with Crippen LogP contribution >= 0.6 is 0 Å². The number of likely N-dealkylation sites (N-methyl/N-ethyl adjacent to an activating group) is 1. The third kappa shape index (κ3) is 4.92. The average Bonchev–Trinajstić information content (AvgIpc) is 3.16. The molecule has 1 unspecified atom stereocenters. The predicted octanol–water partition coefficient (Wildman–Crippen LogP) is 1.49. The van der Waals surface area contributed by atoms with Crippen LogP contribution in [0.25, 0.3) is 0 Å². The molecule has 1 aromatic heterocycles. The summed E-state index contributed by atoms with van der Waals surface area (Å²) in [6, 6.07) is 11.1. The van der Waals surface area contributed by atoms with Crippen molar-refractivity contribution in [1.29, 1.82) is 0 Å². The molecule has 3 rings (SSSR count). The van der Waals surface area contributed by atoms with Gasteiger partial charge in [-0.15, -0.1) is 0 Å². The lowest BCUT2D eigenvalue weighted by atomic mass is 10.1. The molecule has 2 N–H and O–H groups in total. The predicted molar refractivity (Wildman–Crippen MR) is 95.2 cm³/mol. The Morgan fingerprint density at radius 1 is 1.24 bits per heavy atom. The minimum atomic E-state index is -0.840. The van der Waals surface area contributed by atoms with Crippen LogP contribution in [0.4, 0.5) is 0 Å². The maximum absolute atomic E-state index is 12.3. The Hall–Kier alpha value is -2.15. The lowest BCUT2D eigenvalue weighted by Crippen LogP contribution is -2.43. The van der Waals surface area contributed by atoms with Gasteiger partial charge in [0.05, 0.1) is 12.8 Å². The molecule has 0 radical (unpaired) electrons. The van der Waals surface area contributed by atoms with Crippen LogP contribution in [0.3, 0.4) is 0 Å². The minimum absolute atomic E-state index is 0.120. The van der Waals surface area contributed by atoms with Crippen molar-refractivity contribution in [3.63, 3.8) is 0 Å². The van der Waals surface area contributed by atoms with Gasteiger partial charge >= 0.3 is 0 Å². The fourth-order valence-corrected chi connectivity index (χ4v) is 2.95. The summed E-state index contributed by atoms with van der Waals surface area (Å²) in [5, 5.41) is 12.7. The van der Waals surface area contributed by atoms with Crippen molar-refractivity contribution in [2.24, 2.45) is 0 Å². The van der Waals surface area contributed by atoms with E-state index in [-0.39, 0.29) is 12.5 Å². The molecule has 1 aliphatic rings. The van der Waals surface area contributed by atoms with Gasteiger partial charge in [0.2, 0.25) is 0 Å². The van der Waals surface area contributed by atoms with E-state index >= 15 is 0 Å². The SMILES string of the molecule is CN1CCN(Cc2cccc(C(=O)NCC(O)c3ccco3)c2)CC1. The summed E-state index contributed by atoms with van der Waals surface area (Å²) in [4.78, 5) is 17.1. The average molecular weight is 343 g/mol. The molecule has 0 spiro atoms. The molecule has 6 heteroatoms. The summed E-state index contributed by atoms with van der Waals surface area (Å²) >= 11 is 0. The standard InChI is InChI=1S/C19H25N3O3/c1-21-7-9-22(10-8-21)14-15-4-2-5-16(12-15)19(24)20-13-17(23)18-6-3-11-25-18/h2-6,11-12,17,23H,7-10,13-14H2,1H3,(H,20,24). The summed E-state index contributed by atoms with van der Waals surface area (Å²) < 4.78 is 5.13. The van der Waals surface area contributed by atoms with E-state index in [1.807, 2.05) is 18.2 Å². The first-order chi connectivity index (χ1) is 12.1. The smallest absolute Gasteiger partial charge is 0.251 e. The first-order valence-electron chi connectivity index (χ1n) is 8.61. The maximum atomic E-state index is 12.3. The van der Waals surface area contributed by atoms with E-state index in [4.69, 9.17) is 4.42 Å². The van der Waals surface area contributed by atoms with Gasteiger partial charge in [0.1, 0.15) is 11.9 Å². The fourth-order valence-electron chi connectivity index (χ4n) is 2.95. The number of hydrogen-bond donors (Lipinski definition) is 2. The van der Waals surface area contributed by atoms with Crippen LogP contribution in [-0.2, 0) is 6.54 Å². The molecule has 1 saturated heterocycles. The molecule has 6 nitrogen and oxygen atoms in total. The number of benzene rings is 1. The maximum Gasteiger partial charge on any atom is 0.251 e. The number of amides is 1. The van der Waals surface area contributed by atoms with Gasteiger partial charge in [-0.05, 0) is 36.9 Å². The number of furan rings is 1. The van der Waals surface area contributed by atoms with Gasteiger partial charge in [-0.3, -0.25) is 9.69 Å². The van der Waals surface area contributed by atoms with Gasteiger partial charge in [-0.25, -0.2) is 0 Å². The molecule has 0 bridgehead atoms. The van der Waals surface area contributed by atoms with Crippen LogP contribution in [0.2, 0.25) is 0 Å². The Bertz CT molecular complexity index is 679. The third-order valence-electron chi connectivity index (χ3n) is 4.52. The number of nitrogens with zero attached hydrogens (tertiary/aromatic N) is 2. The molecule has 2 aromatic rings. The third-order valence-corrected chi connectivity index (χ3v) is 4.52. The topological polar surface area (TPSA) is 69.0 Å². The lowest BCUT2D eigenvalue weighted by molar-refractivity contribution is 0.0901. The van der Waals surface area contributed by atoms with Crippen molar-refractivity contribution >= 4 is 5.91 Å². The van der Waals surface area contributed by atoms with Crippen molar-refractivity contribution in [3.05, 3.63) is 59.5 Å². The van der Waals surface area contributed by atoms with Crippen molar-refractivity contribution < 1.29 is 14.3 Å². The Labute approximate surface area is 148 Å². The number of nitrogens with one attached hydrogen (secondary N) is 1. The Balaban J connectivity index is 1.54. The number of aliphatic hydroxyl groups is 1. The van der Waals surface area contributed by atoms with Crippen LogP contribution in [0, 0.1) is 0 Å². The van der Waals surface area contributed by atoms with Gasteiger partial charge in [0.25, 0.3) is 5.91 Å². The summed E-state index contributed by atoms with van der Waals surface area (Å²) in [5.74, 6) is 0.259. The van der Waals surface area contributed by atoms with E-state index in [9.17, 15) is 9.90 Å². The zero-order valence-electron chi connectivity index (χ0n) is 14.5. The second-order valence-corrected chi connectivity index (χ2v) is 6.52. The van der Waals surface area contributed by atoms with E-state index in [0.717, 1.165) is 38.3 Å². The van der Waals surface area contributed by atoms with E-state index in [2.05, 4.69) is 22.2 Å². The van der Waals surface area contributed by atoms with Crippen molar-refractivity contribution in [2.45, 2.75) is 12.6 Å². The van der Waals surface area contributed by atoms with Crippen LogP contribution in [0.5, 0.6) is 0 Å². The Kier molecular flexibility index (Phi) is 5.86. The zero-order chi connectivity index (χ0) is 17.6. The normalized spacial score (nSPS) is 17.4. The summed E-state index contributed by atoms with van der Waals surface area (Å²) in [6.07, 6.45) is 0.662. The molecule has 2 heterocycles. The van der Waals surface area contributed by atoms with E-state index < -0.39 is 6.10 Å². The van der Waals surface area contributed by atoms with Crippen LogP contribution < -0.4 is 5.32 Å². The Morgan fingerprint density at radius 2 is 2.04 bits per heavy atom. The molecule has 1 amide bonds. The van der Waals surface area contributed by atoms with Crippen LogP contribution in [-0.4, -0.2) is 60.6 Å². The number of piperazine rings is 1. The highest BCUT2D eigenvalue weighted by Gasteiger charge is 2.16. The highest BCUT2D eigenvalue weighted by molar-refractivity contribution is 5.94. The number of aliphatic hydroxyl groups excluding tert-OH is 1. The van der Waals surface area contributed by atoms with E-state index in [1.54, 1.807) is 18.2 Å². The molecule has 1 atom stereocenters. The molecule has 25 heavy (non-hydrogen) atoms. The van der Waals surface area contributed by atoms with E-state index in [1.165, 1.54) is 6.26 Å². The van der Waals surface area contributed by atoms with Crippen LogP contribution in [0.1, 0.15) is 27.8 Å². The second-order valence-electron chi connectivity index (χ2n) is 6.52. The van der Waals surface area contributed by atoms with E-state index in [0.29, 0.717) is 11.3 Å². The molecular weight excluding hydrogens is 318 g/mol. The molecule has 1 aromatic carbocycles. The van der Waals surface area contributed by atoms with Crippen LogP contribution in [0.15, 0.2) is 47.1 Å². The number of carbonyl (C=O) groups excluding carboxylic acids is 1. The van der Waals surface area contributed by atoms with Crippen molar-refractivity contribution in [1.82, 2.24) is 15.1 Å². The second kappa shape index (κ2) is 8.29. The van der Waals surface area contributed by atoms with Gasteiger partial charge in [0.15, 0.2) is 0 Å². The number of hydrogen-bond acceptors (Lipinski definition) is 5. The molecule has 134 valence electrons. The highest BCUT2D eigenvalue weighted by Crippen LogP contribution is 2.13. The summed E-state index contributed by atoms with van der Waals surface area (Å²) in [7, 11) is 2.14. The largest absolute Gasteiger partial charge is 0.467 e. The quantitative estimate of drug-likeness (QED) is 0.832. The van der Waals surface area contributed by atoms with Gasteiger partial charge < -0.3 is 19.7 Å². The summed E-state index contributed by atoms with van der Waals surface area (Å²) in [6.45, 7) is 5.21. The molecule has 1 aliphatic heterocycles. The van der Waals surface area contributed by atoms with Crippen molar-refractivity contribution in [2.75, 3.05) is 39.8 Å². The van der Waals surface area contributed by atoms with Crippen molar-refractivity contribution in [3.8, 4) is 0 Å². The Morgan fingerprint density at radius 3 is 2.76 bits per heavy atom. The number of rotatable bonds is 6. The van der Waals surface area contributed by atoms with Gasteiger partial charge in [-0.2, -0.15) is 0 Å². The first-order valence-corrected chi connectivity index (χ1v) is 8.61. The highest BCUT2D eigenvalue weighted by atomic mass is 16.4. The molecule has 0 saturated carbocycles. The molecular formula is C19H25N3O3. The van der Waals surface area contributed by atoms with Gasteiger partial charge in [0, 0.05) is 38.3 Å². The first kappa shape index (κ1) is 17.7. The molecule has 0 aliphatic carbocycles.